The van der Waals surface area contributed by atoms with Crippen LogP contribution in [0.4, 0.5) is 5.69 Å². The zero-order chi connectivity index (χ0) is 16.2. The van der Waals surface area contributed by atoms with E-state index in [4.69, 9.17) is 5.11 Å². The monoisotopic (exact) mass is 356 g/mol. The number of carbonyl (C=O) groups is 2. The largest absolute Gasteiger partial charge is 0.480 e. The molecule has 0 aliphatic heterocycles. The van der Waals surface area contributed by atoms with Gasteiger partial charge in [0.1, 0.15) is 0 Å². The van der Waals surface area contributed by atoms with E-state index in [2.05, 4.69) is 21.2 Å². The van der Waals surface area contributed by atoms with Gasteiger partial charge >= 0.3 is 5.97 Å². The Morgan fingerprint density at radius 3 is 2.38 bits per heavy atom. The fourth-order valence-corrected chi connectivity index (χ4v) is 2.30. The van der Waals surface area contributed by atoms with Gasteiger partial charge in [-0.25, -0.2) is 0 Å². The summed E-state index contributed by atoms with van der Waals surface area (Å²) in [5.74, 6) is -1.17. The SMILES string of the molecule is Cc1cc(Br)ccc1NC(=O)CN(CC(=O)O)C(C)(C)C. The number of rotatable bonds is 5. The van der Waals surface area contributed by atoms with E-state index >= 15 is 0 Å². The predicted octanol–water partition coefficient (Wildman–Crippen LogP) is 2.88. The zero-order valence-corrected chi connectivity index (χ0v) is 14.3. The summed E-state index contributed by atoms with van der Waals surface area (Å²) in [4.78, 5) is 24.7. The summed E-state index contributed by atoms with van der Waals surface area (Å²) in [6.45, 7) is 7.41. The number of hydrogen-bond acceptors (Lipinski definition) is 3. The van der Waals surface area contributed by atoms with Gasteiger partial charge in [-0.1, -0.05) is 15.9 Å². The maximum Gasteiger partial charge on any atom is 0.317 e. The molecule has 0 unspecified atom stereocenters. The molecule has 5 nitrogen and oxygen atoms in total. The third kappa shape index (κ3) is 5.85. The molecule has 0 atom stereocenters. The van der Waals surface area contributed by atoms with Gasteiger partial charge in [0.15, 0.2) is 0 Å². The van der Waals surface area contributed by atoms with E-state index in [-0.39, 0.29) is 19.0 Å². The molecule has 0 saturated heterocycles. The van der Waals surface area contributed by atoms with Crippen LogP contribution in [0.25, 0.3) is 0 Å². The number of benzene rings is 1. The number of halogens is 1. The van der Waals surface area contributed by atoms with E-state index in [0.717, 1.165) is 15.7 Å². The molecule has 0 aromatic heterocycles. The van der Waals surface area contributed by atoms with Gasteiger partial charge in [-0.3, -0.25) is 14.5 Å². The fraction of sp³-hybridized carbons (Fsp3) is 0.467. The highest BCUT2D eigenvalue weighted by Gasteiger charge is 2.25. The van der Waals surface area contributed by atoms with Crippen LogP contribution in [0.1, 0.15) is 26.3 Å². The van der Waals surface area contributed by atoms with Crippen LogP contribution in [0.5, 0.6) is 0 Å². The van der Waals surface area contributed by atoms with E-state index in [1.165, 1.54) is 0 Å². The molecule has 0 heterocycles. The molecule has 0 saturated carbocycles. The number of carboxylic acids is 1. The molecular formula is C15H21BrN2O3. The van der Waals surface area contributed by atoms with Crippen molar-refractivity contribution >= 4 is 33.5 Å². The highest BCUT2D eigenvalue weighted by atomic mass is 79.9. The average Bonchev–Trinajstić information content (AvgIpc) is 2.30. The Labute approximate surface area is 133 Å². The maximum absolute atomic E-state index is 12.1. The molecule has 2 N–H and O–H groups in total. The molecule has 21 heavy (non-hydrogen) atoms. The summed E-state index contributed by atoms with van der Waals surface area (Å²) >= 11 is 3.37. The van der Waals surface area contributed by atoms with Gasteiger partial charge in [0.25, 0.3) is 0 Å². The number of anilines is 1. The molecule has 116 valence electrons. The van der Waals surface area contributed by atoms with Gasteiger partial charge in [0, 0.05) is 15.7 Å². The second-order valence-corrected chi connectivity index (χ2v) is 6.84. The first kappa shape index (κ1) is 17.7. The Balaban J connectivity index is 2.76. The van der Waals surface area contributed by atoms with Gasteiger partial charge in [0.2, 0.25) is 5.91 Å². The summed E-state index contributed by atoms with van der Waals surface area (Å²) in [5.41, 5.74) is 1.27. The lowest BCUT2D eigenvalue weighted by Crippen LogP contribution is -2.48. The minimum Gasteiger partial charge on any atom is -0.480 e. The molecule has 0 radical (unpaired) electrons. The van der Waals surface area contributed by atoms with E-state index in [1.807, 2.05) is 45.9 Å². The van der Waals surface area contributed by atoms with Crippen molar-refractivity contribution in [3.05, 3.63) is 28.2 Å². The number of nitrogens with zero attached hydrogens (tertiary/aromatic N) is 1. The highest BCUT2D eigenvalue weighted by molar-refractivity contribution is 9.10. The molecule has 0 bridgehead atoms. The minimum absolute atomic E-state index is 0.0330. The topological polar surface area (TPSA) is 69.6 Å². The van der Waals surface area contributed by atoms with Gasteiger partial charge in [-0.2, -0.15) is 0 Å². The van der Waals surface area contributed by atoms with Gasteiger partial charge in [0.05, 0.1) is 13.1 Å². The smallest absolute Gasteiger partial charge is 0.317 e. The van der Waals surface area contributed by atoms with Crippen LogP contribution >= 0.6 is 15.9 Å². The molecule has 0 spiro atoms. The van der Waals surface area contributed by atoms with Crippen LogP contribution in [0, 0.1) is 6.92 Å². The normalized spacial score (nSPS) is 11.5. The number of amides is 1. The lowest BCUT2D eigenvalue weighted by molar-refractivity contribution is -0.140. The van der Waals surface area contributed by atoms with Crippen molar-refractivity contribution in [3.63, 3.8) is 0 Å². The Morgan fingerprint density at radius 2 is 1.90 bits per heavy atom. The van der Waals surface area contributed by atoms with E-state index in [0.29, 0.717) is 0 Å². The Hall–Kier alpha value is -1.40. The summed E-state index contributed by atoms with van der Waals surface area (Å²) in [7, 11) is 0. The Kier molecular flexibility index (Phi) is 5.92. The van der Waals surface area contributed by atoms with Gasteiger partial charge < -0.3 is 10.4 Å². The van der Waals surface area contributed by atoms with Crippen molar-refractivity contribution < 1.29 is 14.7 Å². The Bertz CT molecular complexity index is 538. The molecule has 0 aliphatic carbocycles. The number of aliphatic carboxylic acids is 1. The molecule has 1 aromatic rings. The first-order valence-electron chi connectivity index (χ1n) is 6.62. The van der Waals surface area contributed by atoms with Crippen LogP contribution < -0.4 is 5.32 Å². The van der Waals surface area contributed by atoms with Crippen LogP contribution in [0.2, 0.25) is 0 Å². The molecule has 0 aliphatic rings. The summed E-state index contributed by atoms with van der Waals surface area (Å²) < 4.78 is 0.945. The molecule has 0 fully saturated rings. The molecule has 1 amide bonds. The van der Waals surface area contributed by atoms with Crippen LogP contribution in [-0.4, -0.2) is 40.5 Å². The summed E-state index contributed by atoms with van der Waals surface area (Å²) in [5, 5.41) is 11.8. The van der Waals surface area contributed by atoms with Crippen molar-refractivity contribution in [1.29, 1.82) is 0 Å². The van der Waals surface area contributed by atoms with Crippen molar-refractivity contribution in [2.75, 3.05) is 18.4 Å². The van der Waals surface area contributed by atoms with Crippen molar-refractivity contribution in [2.24, 2.45) is 0 Å². The third-order valence-electron chi connectivity index (χ3n) is 3.07. The molecular weight excluding hydrogens is 336 g/mol. The lowest BCUT2D eigenvalue weighted by Gasteiger charge is -2.33. The van der Waals surface area contributed by atoms with E-state index in [1.54, 1.807) is 4.90 Å². The van der Waals surface area contributed by atoms with Crippen LogP contribution in [0.15, 0.2) is 22.7 Å². The number of carboxylic acid groups (broad SMARTS) is 1. The second kappa shape index (κ2) is 7.04. The second-order valence-electron chi connectivity index (χ2n) is 5.93. The molecule has 6 heteroatoms. The van der Waals surface area contributed by atoms with Gasteiger partial charge in [-0.15, -0.1) is 0 Å². The first-order valence-corrected chi connectivity index (χ1v) is 7.42. The first-order chi connectivity index (χ1) is 9.59. The third-order valence-corrected chi connectivity index (χ3v) is 3.57. The van der Waals surface area contributed by atoms with Crippen LogP contribution in [-0.2, 0) is 9.59 Å². The zero-order valence-electron chi connectivity index (χ0n) is 12.7. The quantitative estimate of drug-likeness (QED) is 0.850. The fourth-order valence-electron chi connectivity index (χ4n) is 1.82. The minimum atomic E-state index is -0.947. The van der Waals surface area contributed by atoms with Crippen molar-refractivity contribution in [2.45, 2.75) is 33.2 Å². The number of nitrogens with one attached hydrogen (secondary N) is 1. The molecule has 1 aromatic carbocycles. The standard InChI is InChI=1S/C15H21BrN2O3/c1-10-7-11(16)5-6-12(10)17-13(19)8-18(9-14(20)21)15(2,3)4/h5-7H,8-9H2,1-4H3,(H,17,19)(H,20,21). The Morgan fingerprint density at radius 1 is 1.29 bits per heavy atom. The maximum atomic E-state index is 12.1. The predicted molar refractivity (Wildman–Crippen MR) is 86.5 cm³/mol. The van der Waals surface area contributed by atoms with E-state index in [9.17, 15) is 9.59 Å². The average molecular weight is 357 g/mol. The van der Waals surface area contributed by atoms with Crippen LogP contribution in [0.3, 0.4) is 0 Å². The van der Waals surface area contributed by atoms with E-state index < -0.39 is 11.5 Å². The van der Waals surface area contributed by atoms with Gasteiger partial charge in [-0.05, 0) is 51.5 Å². The number of carbonyl (C=O) groups excluding carboxylic acids is 1. The summed E-state index contributed by atoms with van der Waals surface area (Å²) in [6, 6.07) is 5.58. The summed E-state index contributed by atoms with van der Waals surface area (Å²) in [6.07, 6.45) is 0. The van der Waals surface area contributed by atoms with Crippen molar-refractivity contribution in [1.82, 2.24) is 4.90 Å². The number of hydrogen-bond donors (Lipinski definition) is 2. The van der Waals surface area contributed by atoms with Crippen molar-refractivity contribution in [3.8, 4) is 0 Å². The highest BCUT2D eigenvalue weighted by Crippen LogP contribution is 2.20. The number of aryl methyl sites for hydroxylation is 1. The molecule has 1 rings (SSSR count). The lowest BCUT2D eigenvalue weighted by atomic mass is 10.1.